The maximum absolute atomic E-state index is 12.2. The maximum atomic E-state index is 12.2. The first kappa shape index (κ1) is 14.0. The van der Waals surface area contributed by atoms with Gasteiger partial charge in [-0.05, 0) is 37.9 Å². The van der Waals surface area contributed by atoms with Crippen LogP contribution >= 0.6 is 0 Å². The Balaban J connectivity index is 2.22. The van der Waals surface area contributed by atoms with Crippen LogP contribution in [0.4, 0.5) is 11.4 Å². The zero-order valence-electron chi connectivity index (χ0n) is 11.6. The van der Waals surface area contributed by atoms with Crippen LogP contribution in [-0.2, 0) is 6.54 Å². The highest BCUT2D eigenvalue weighted by Gasteiger charge is 2.12. The number of nitrogens with zero attached hydrogens (tertiary/aromatic N) is 2. The fourth-order valence-electron chi connectivity index (χ4n) is 1.91. The SMILES string of the molecule is CN(C)Cc1ccccc1NC(=O)c1ncccc1N. The van der Waals surface area contributed by atoms with Crippen molar-refractivity contribution in [1.82, 2.24) is 9.88 Å². The van der Waals surface area contributed by atoms with E-state index in [9.17, 15) is 4.79 Å². The molecular weight excluding hydrogens is 252 g/mol. The van der Waals surface area contributed by atoms with Gasteiger partial charge < -0.3 is 16.0 Å². The minimum absolute atomic E-state index is 0.243. The number of hydrogen-bond donors (Lipinski definition) is 2. The third-order valence-corrected chi connectivity index (χ3v) is 2.81. The molecule has 0 radical (unpaired) electrons. The molecule has 104 valence electrons. The molecule has 0 fully saturated rings. The number of rotatable bonds is 4. The smallest absolute Gasteiger partial charge is 0.276 e. The molecule has 5 heteroatoms. The minimum Gasteiger partial charge on any atom is -0.397 e. The van der Waals surface area contributed by atoms with E-state index in [0.29, 0.717) is 5.69 Å². The van der Waals surface area contributed by atoms with Crippen LogP contribution in [0.5, 0.6) is 0 Å². The summed E-state index contributed by atoms with van der Waals surface area (Å²) in [6.07, 6.45) is 1.55. The Hall–Kier alpha value is -2.40. The van der Waals surface area contributed by atoms with E-state index in [1.54, 1.807) is 18.3 Å². The van der Waals surface area contributed by atoms with Crippen molar-refractivity contribution in [2.75, 3.05) is 25.1 Å². The van der Waals surface area contributed by atoms with Crippen molar-refractivity contribution in [3.63, 3.8) is 0 Å². The van der Waals surface area contributed by atoms with Crippen molar-refractivity contribution in [1.29, 1.82) is 0 Å². The van der Waals surface area contributed by atoms with Crippen LogP contribution in [-0.4, -0.2) is 29.9 Å². The molecule has 1 aromatic heterocycles. The normalized spacial score (nSPS) is 10.6. The molecular formula is C15H18N4O. The third kappa shape index (κ3) is 3.33. The molecule has 0 aliphatic heterocycles. The minimum atomic E-state index is -0.297. The van der Waals surface area contributed by atoms with Crippen molar-refractivity contribution < 1.29 is 4.79 Å². The summed E-state index contributed by atoms with van der Waals surface area (Å²) < 4.78 is 0. The Morgan fingerprint density at radius 1 is 1.25 bits per heavy atom. The quantitative estimate of drug-likeness (QED) is 0.891. The van der Waals surface area contributed by atoms with E-state index in [0.717, 1.165) is 17.8 Å². The summed E-state index contributed by atoms with van der Waals surface area (Å²) in [6.45, 7) is 0.744. The molecule has 2 rings (SSSR count). The predicted molar refractivity (Wildman–Crippen MR) is 80.4 cm³/mol. The monoisotopic (exact) mass is 270 g/mol. The zero-order chi connectivity index (χ0) is 14.5. The number of hydrogen-bond acceptors (Lipinski definition) is 4. The lowest BCUT2D eigenvalue weighted by Gasteiger charge is -2.15. The van der Waals surface area contributed by atoms with Crippen LogP contribution in [0.3, 0.4) is 0 Å². The number of benzene rings is 1. The summed E-state index contributed by atoms with van der Waals surface area (Å²) in [7, 11) is 3.96. The summed E-state index contributed by atoms with van der Waals surface area (Å²) in [5, 5.41) is 2.86. The number of para-hydroxylation sites is 1. The Morgan fingerprint density at radius 3 is 2.70 bits per heavy atom. The lowest BCUT2D eigenvalue weighted by atomic mass is 10.1. The second-order valence-corrected chi connectivity index (χ2v) is 4.79. The highest BCUT2D eigenvalue weighted by atomic mass is 16.1. The lowest BCUT2D eigenvalue weighted by molar-refractivity contribution is 0.102. The standard InChI is InChI=1S/C15H18N4O/c1-19(2)10-11-6-3-4-8-13(11)18-15(20)14-12(16)7-5-9-17-14/h3-9H,10,16H2,1-2H3,(H,18,20). The van der Waals surface area contributed by atoms with Gasteiger partial charge in [0.25, 0.3) is 5.91 Å². The summed E-state index contributed by atoms with van der Waals surface area (Å²) in [4.78, 5) is 18.3. The number of aromatic nitrogens is 1. The number of nitrogen functional groups attached to an aromatic ring is 1. The van der Waals surface area contributed by atoms with Crippen LogP contribution in [0.25, 0.3) is 0 Å². The molecule has 3 N–H and O–H groups in total. The topological polar surface area (TPSA) is 71.2 Å². The van der Waals surface area contributed by atoms with Gasteiger partial charge in [-0.15, -0.1) is 0 Å². The average molecular weight is 270 g/mol. The van der Waals surface area contributed by atoms with E-state index in [-0.39, 0.29) is 11.6 Å². The Bertz CT molecular complexity index is 610. The summed E-state index contributed by atoms with van der Waals surface area (Å²) in [5.74, 6) is -0.297. The Labute approximate surface area is 118 Å². The van der Waals surface area contributed by atoms with E-state index < -0.39 is 0 Å². The van der Waals surface area contributed by atoms with Gasteiger partial charge in [0.2, 0.25) is 0 Å². The molecule has 1 amide bonds. The molecule has 0 saturated heterocycles. The Kier molecular flexibility index (Phi) is 4.32. The van der Waals surface area contributed by atoms with Gasteiger partial charge in [0.1, 0.15) is 0 Å². The molecule has 0 bridgehead atoms. The molecule has 1 aromatic carbocycles. The number of amides is 1. The van der Waals surface area contributed by atoms with Crippen molar-refractivity contribution in [2.24, 2.45) is 0 Å². The van der Waals surface area contributed by atoms with Crippen molar-refractivity contribution >= 4 is 17.3 Å². The molecule has 0 atom stereocenters. The molecule has 0 aliphatic rings. The number of nitrogens with one attached hydrogen (secondary N) is 1. The lowest BCUT2D eigenvalue weighted by Crippen LogP contribution is -2.18. The highest BCUT2D eigenvalue weighted by Crippen LogP contribution is 2.18. The second kappa shape index (κ2) is 6.16. The molecule has 5 nitrogen and oxygen atoms in total. The van der Waals surface area contributed by atoms with Crippen LogP contribution < -0.4 is 11.1 Å². The van der Waals surface area contributed by atoms with Crippen LogP contribution in [0.15, 0.2) is 42.6 Å². The molecule has 0 spiro atoms. The molecule has 2 aromatic rings. The second-order valence-electron chi connectivity index (χ2n) is 4.79. The number of carbonyl (C=O) groups excluding carboxylic acids is 1. The number of anilines is 2. The van der Waals surface area contributed by atoms with E-state index in [4.69, 9.17) is 5.73 Å². The number of pyridine rings is 1. The van der Waals surface area contributed by atoms with Gasteiger partial charge >= 0.3 is 0 Å². The molecule has 1 heterocycles. The van der Waals surface area contributed by atoms with E-state index >= 15 is 0 Å². The van der Waals surface area contributed by atoms with Gasteiger partial charge in [-0.1, -0.05) is 18.2 Å². The van der Waals surface area contributed by atoms with Crippen molar-refractivity contribution in [3.8, 4) is 0 Å². The third-order valence-electron chi connectivity index (χ3n) is 2.81. The van der Waals surface area contributed by atoms with Gasteiger partial charge in [0.15, 0.2) is 5.69 Å². The summed E-state index contributed by atoms with van der Waals surface area (Å²) in [6, 6.07) is 11.0. The molecule has 0 aliphatic carbocycles. The fraction of sp³-hybridized carbons (Fsp3) is 0.200. The molecule has 0 unspecified atom stereocenters. The molecule has 20 heavy (non-hydrogen) atoms. The highest BCUT2D eigenvalue weighted by molar-refractivity contribution is 6.06. The molecule has 0 saturated carbocycles. The summed E-state index contributed by atoms with van der Waals surface area (Å²) in [5.41, 5.74) is 8.19. The van der Waals surface area contributed by atoms with E-state index in [1.807, 2.05) is 43.3 Å². The number of nitrogens with two attached hydrogens (primary N) is 1. The van der Waals surface area contributed by atoms with Crippen LogP contribution in [0.2, 0.25) is 0 Å². The average Bonchev–Trinajstić information content (AvgIpc) is 2.41. The van der Waals surface area contributed by atoms with Crippen LogP contribution in [0.1, 0.15) is 16.1 Å². The largest absolute Gasteiger partial charge is 0.397 e. The van der Waals surface area contributed by atoms with E-state index in [1.165, 1.54) is 0 Å². The van der Waals surface area contributed by atoms with E-state index in [2.05, 4.69) is 10.3 Å². The maximum Gasteiger partial charge on any atom is 0.276 e. The van der Waals surface area contributed by atoms with Gasteiger partial charge in [0, 0.05) is 18.4 Å². The first-order valence-electron chi connectivity index (χ1n) is 6.32. The van der Waals surface area contributed by atoms with Gasteiger partial charge in [-0.3, -0.25) is 4.79 Å². The summed E-state index contributed by atoms with van der Waals surface area (Å²) >= 11 is 0. The number of carbonyl (C=O) groups is 1. The first-order chi connectivity index (χ1) is 9.58. The Morgan fingerprint density at radius 2 is 2.00 bits per heavy atom. The zero-order valence-corrected chi connectivity index (χ0v) is 11.6. The van der Waals surface area contributed by atoms with Gasteiger partial charge in [0.05, 0.1) is 5.69 Å². The van der Waals surface area contributed by atoms with Gasteiger partial charge in [-0.25, -0.2) is 4.98 Å². The van der Waals surface area contributed by atoms with Crippen molar-refractivity contribution in [2.45, 2.75) is 6.54 Å². The van der Waals surface area contributed by atoms with Crippen LogP contribution in [0, 0.1) is 0 Å². The van der Waals surface area contributed by atoms with Gasteiger partial charge in [-0.2, -0.15) is 0 Å². The van der Waals surface area contributed by atoms with Crippen molar-refractivity contribution in [3.05, 3.63) is 53.9 Å². The first-order valence-corrected chi connectivity index (χ1v) is 6.32. The fourth-order valence-corrected chi connectivity index (χ4v) is 1.91. The predicted octanol–water partition coefficient (Wildman–Crippen LogP) is 1.98.